The van der Waals surface area contributed by atoms with Gasteiger partial charge in [0.15, 0.2) is 5.58 Å². The highest BCUT2D eigenvalue weighted by Crippen LogP contribution is 2.35. The lowest BCUT2D eigenvalue weighted by molar-refractivity contribution is 0.459. The van der Waals surface area contributed by atoms with Crippen LogP contribution in [-0.4, -0.2) is 19.4 Å². The van der Waals surface area contributed by atoms with Gasteiger partial charge in [-0.05, 0) is 57.0 Å². The molecule has 2 aromatic carbocycles. The van der Waals surface area contributed by atoms with Crippen molar-refractivity contribution < 1.29 is 9.08 Å². The van der Waals surface area contributed by atoms with E-state index in [0.717, 1.165) is 45.6 Å². The molecule has 0 aliphatic carbocycles. The van der Waals surface area contributed by atoms with Crippen molar-refractivity contribution >= 4 is 22.3 Å². The fraction of sp³-hybridized carbons (Fsp3) is 0.308. The van der Waals surface area contributed by atoms with E-state index in [9.17, 15) is 4.55 Å². The van der Waals surface area contributed by atoms with Gasteiger partial charge in [0.05, 0.1) is 6.04 Å². The smallest absolute Gasteiger partial charge is 0.167 e. The number of hydrogen-bond acceptors (Lipinski definition) is 5. The number of hydrogen-bond donors (Lipinski definition) is 1. The third-order valence-corrected chi connectivity index (χ3v) is 7.03. The summed E-state index contributed by atoms with van der Waals surface area (Å²) in [6.07, 6.45) is 1.49. The molecule has 2 heterocycles. The summed E-state index contributed by atoms with van der Waals surface area (Å²) >= 11 is -1.25. The highest BCUT2D eigenvalue weighted by Gasteiger charge is 2.31. The molecule has 1 unspecified atom stereocenters. The van der Waals surface area contributed by atoms with E-state index in [4.69, 9.17) is 9.51 Å². The monoisotopic (exact) mass is 447 g/mol. The number of nitrogens with one attached hydrogen (secondary N) is 1. The summed E-state index contributed by atoms with van der Waals surface area (Å²) in [5.41, 5.74) is 5.54. The van der Waals surface area contributed by atoms with Gasteiger partial charge in [-0.15, -0.1) is 4.72 Å². The van der Waals surface area contributed by atoms with Crippen LogP contribution in [0.5, 0.6) is 0 Å². The zero-order chi connectivity index (χ0) is 22.7. The van der Waals surface area contributed by atoms with Crippen LogP contribution in [0.1, 0.15) is 50.7 Å². The maximum atomic E-state index is 13.1. The van der Waals surface area contributed by atoms with Crippen LogP contribution >= 0.6 is 0 Å². The van der Waals surface area contributed by atoms with E-state index in [1.807, 2.05) is 81.4 Å². The molecular weight excluding hydrogens is 418 g/mol. The maximum absolute atomic E-state index is 13.1. The first kappa shape index (κ1) is 22.5. The Balaban J connectivity index is 1.79. The Kier molecular flexibility index (Phi) is 6.65. The van der Waals surface area contributed by atoms with Gasteiger partial charge in [0, 0.05) is 40.1 Å². The number of nitrogens with zero attached hydrogens (tertiary/aromatic N) is 2. The van der Waals surface area contributed by atoms with Gasteiger partial charge < -0.3 is 9.08 Å². The second kappa shape index (κ2) is 9.45. The largest absolute Gasteiger partial charge is 0.598 e. The van der Waals surface area contributed by atoms with E-state index >= 15 is 0 Å². The Morgan fingerprint density at radius 2 is 1.69 bits per heavy atom. The van der Waals surface area contributed by atoms with Crippen LogP contribution in [-0.2, 0) is 24.2 Å². The van der Waals surface area contributed by atoms with E-state index in [0.29, 0.717) is 6.42 Å². The number of para-hydroxylation sites is 1. The second-order valence-corrected chi connectivity index (χ2v) is 10.8. The van der Waals surface area contributed by atoms with Gasteiger partial charge >= 0.3 is 0 Å². The van der Waals surface area contributed by atoms with Gasteiger partial charge in [-0.1, -0.05) is 54.5 Å². The molecule has 2 aromatic heterocycles. The van der Waals surface area contributed by atoms with Crippen molar-refractivity contribution in [2.45, 2.75) is 51.3 Å². The van der Waals surface area contributed by atoms with Crippen molar-refractivity contribution in [3.05, 3.63) is 83.7 Å². The van der Waals surface area contributed by atoms with E-state index < -0.39 is 16.1 Å². The summed E-state index contributed by atoms with van der Waals surface area (Å²) in [5.74, 6) is 0. The number of benzene rings is 2. The van der Waals surface area contributed by atoms with Crippen molar-refractivity contribution in [3.8, 4) is 11.3 Å². The fourth-order valence-electron chi connectivity index (χ4n) is 3.67. The summed E-state index contributed by atoms with van der Waals surface area (Å²) in [5, 5.41) is 5.34. The molecule has 0 aliphatic heterocycles. The lowest BCUT2D eigenvalue weighted by Gasteiger charge is -2.29. The summed E-state index contributed by atoms with van der Waals surface area (Å²) < 4.78 is 21.7. The molecule has 4 aromatic rings. The minimum absolute atomic E-state index is 0.207. The summed E-state index contributed by atoms with van der Waals surface area (Å²) in [6, 6.07) is 21.9. The standard InChI is InChI=1S/C26H29N3O2S/c1-5-18-11-10-12-19(27-18)17-23(29-32(30)26(2,3)4)20-13-6-7-14-21(20)25-22-15-8-9-16-24(22)31-28-25/h6-16,23,29H,5,17H2,1-4H3/t23-,32?/m0/s1. The Morgan fingerprint density at radius 3 is 2.47 bits per heavy atom. The number of pyridine rings is 1. The molecule has 0 saturated carbocycles. The predicted molar refractivity (Wildman–Crippen MR) is 131 cm³/mol. The normalized spacial score (nSPS) is 13.9. The highest BCUT2D eigenvalue weighted by molar-refractivity contribution is 7.90. The molecular formula is C26H29N3O2S. The van der Waals surface area contributed by atoms with E-state index in [-0.39, 0.29) is 6.04 Å². The molecule has 4 rings (SSSR count). The van der Waals surface area contributed by atoms with Crippen LogP contribution < -0.4 is 4.72 Å². The number of aromatic nitrogens is 2. The maximum Gasteiger partial charge on any atom is 0.167 e. The van der Waals surface area contributed by atoms with Crippen LogP contribution in [0.15, 0.2) is 71.3 Å². The minimum atomic E-state index is -1.25. The number of aryl methyl sites for hydroxylation is 1. The van der Waals surface area contributed by atoms with Crippen LogP contribution in [0, 0.1) is 0 Å². The van der Waals surface area contributed by atoms with Crippen LogP contribution in [0.4, 0.5) is 0 Å². The molecule has 0 spiro atoms. The Bertz CT molecular complexity index is 1200. The average molecular weight is 448 g/mol. The second-order valence-electron chi connectivity index (χ2n) is 8.84. The summed E-state index contributed by atoms with van der Waals surface area (Å²) in [4.78, 5) is 4.80. The molecule has 1 N–H and O–H groups in total. The van der Waals surface area contributed by atoms with E-state index in [2.05, 4.69) is 22.9 Å². The minimum Gasteiger partial charge on any atom is -0.598 e. The van der Waals surface area contributed by atoms with E-state index in [1.165, 1.54) is 0 Å². The van der Waals surface area contributed by atoms with Crippen molar-refractivity contribution in [1.29, 1.82) is 0 Å². The van der Waals surface area contributed by atoms with Gasteiger partial charge in [-0.2, -0.15) is 0 Å². The van der Waals surface area contributed by atoms with E-state index in [1.54, 1.807) is 0 Å². The van der Waals surface area contributed by atoms with Crippen molar-refractivity contribution in [3.63, 3.8) is 0 Å². The Hall–Kier alpha value is -2.67. The molecule has 0 fully saturated rings. The third-order valence-electron chi connectivity index (χ3n) is 5.41. The molecule has 5 nitrogen and oxygen atoms in total. The topological polar surface area (TPSA) is 74.0 Å². The first-order chi connectivity index (χ1) is 15.4. The molecule has 0 amide bonds. The van der Waals surface area contributed by atoms with Crippen LogP contribution in [0.2, 0.25) is 0 Å². The molecule has 6 heteroatoms. The third kappa shape index (κ3) is 4.88. The lowest BCUT2D eigenvalue weighted by Crippen LogP contribution is -2.42. The quantitative estimate of drug-likeness (QED) is 0.363. The molecule has 0 bridgehead atoms. The summed E-state index contributed by atoms with van der Waals surface area (Å²) in [6.45, 7) is 8.02. The van der Waals surface area contributed by atoms with Crippen molar-refractivity contribution in [2.75, 3.05) is 0 Å². The number of rotatable bonds is 7. The average Bonchev–Trinajstić information content (AvgIpc) is 3.22. The van der Waals surface area contributed by atoms with Gasteiger partial charge in [0.2, 0.25) is 0 Å². The molecule has 0 aliphatic rings. The zero-order valence-corrected chi connectivity index (χ0v) is 19.8. The molecule has 2 atom stereocenters. The highest BCUT2D eigenvalue weighted by atomic mass is 32.2. The van der Waals surface area contributed by atoms with Gasteiger partial charge in [0.1, 0.15) is 10.4 Å². The van der Waals surface area contributed by atoms with Crippen LogP contribution in [0.3, 0.4) is 0 Å². The fourth-order valence-corrected chi connectivity index (χ4v) is 4.49. The zero-order valence-electron chi connectivity index (χ0n) is 19.0. The number of fused-ring (bicyclic) bond motifs is 1. The molecule has 166 valence electrons. The molecule has 32 heavy (non-hydrogen) atoms. The lowest BCUT2D eigenvalue weighted by atomic mass is 9.94. The van der Waals surface area contributed by atoms with Crippen molar-refractivity contribution in [1.82, 2.24) is 14.9 Å². The van der Waals surface area contributed by atoms with Gasteiger partial charge in [-0.25, -0.2) is 0 Å². The first-order valence-corrected chi connectivity index (χ1v) is 12.1. The first-order valence-electron chi connectivity index (χ1n) is 10.9. The van der Waals surface area contributed by atoms with Crippen LogP contribution in [0.25, 0.3) is 22.2 Å². The van der Waals surface area contributed by atoms with Gasteiger partial charge in [-0.3, -0.25) is 4.98 Å². The molecule has 0 radical (unpaired) electrons. The SMILES string of the molecule is CCc1cccc(C[C@H](N[S+]([O-])C(C)(C)C)c2ccccc2-c2noc3ccccc23)n1. The Morgan fingerprint density at radius 1 is 0.969 bits per heavy atom. The molecule has 0 saturated heterocycles. The van der Waals surface area contributed by atoms with Gasteiger partial charge in [0.25, 0.3) is 0 Å². The Labute approximate surface area is 192 Å². The summed E-state index contributed by atoms with van der Waals surface area (Å²) in [7, 11) is 0. The predicted octanol–water partition coefficient (Wildman–Crippen LogP) is 5.79. The van der Waals surface area contributed by atoms with Crippen molar-refractivity contribution in [2.24, 2.45) is 0 Å².